The van der Waals surface area contributed by atoms with E-state index in [1.807, 2.05) is 20.5 Å². The summed E-state index contributed by atoms with van der Waals surface area (Å²) in [5.41, 5.74) is 0. The van der Waals surface area contributed by atoms with Gasteiger partial charge in [0.15, 0.2) is 0 Å². The molecule has 85 valence electrons. The van der Waals surface area contributed by atoms with Gasteiger partial charge in [-0.05, 0) is 33.1 Å². The fourth-order valence-corrected chi connectivity index (χ4v) is 1.09. The van der Waals surface area contributed by atoms with Gasteiger partial charge in [0.25, 0.3) is 0 Å². The molecule has 2 heteroatoms. The second-order valence-electron chi connectivity index (χ2n) is 3.81. The molecule has 0 aliphatic carbocycles. The minimum Gasteiger partial charge on any atom is -0.381 e. The molecule has 0 heterocycles. The van der Waals surface area contributed by atoms with Crippen LogP contribution in [0.5, 0.6) is 0 Å². The van der Waals surface area contributed by atoms with Crippen LogP contribution in [0.2, 0.25) is 0 Å². The molecule has 0 aliphatic heterocycles. The first kappa shape index (κ1) is 13.9. The number of hydrogen-bond donors (Lipinski definition) is 0. The van der Waals surface area contributed by atoms with E-state index in [1.54, 1.807) is 0 Å². The maximum absolute atomic E-state index is 5.47. The smallest absolute Gasteiger partial charge is 0.0841 e. The Hall–Kier alpha value is -0.0800. The third-order valence-corrected chi connectivity index (χ3v) is 1.87. The van der Waals surface area contributed by atoms with Crippen LogP contribution in [-0.2, 0) is 9.47 Å². The zero-order valence-electron chi connectivity index (χ0n) is 9.92. The van der Waals surface area contributed by atoms with Gasteiger partial charge < -0.3 is 9.47 Å². The number of ether oxygens (including phenoxy) is 2. The maximum Gasteiger partial charge on any atom is 0.0841 e. The molecule has 0 aromatic carbocycles. The van der Waals surface area contributed by atoms with Crippen LogP contribution in [0.3, 0.4) is 0 Å². The van der Waals surface area contributed by atoms with Crippen LogP contribution in [0.4, 0.5) is 0 Å². The van der Waals surface area contributed by atoms with Crippen molar-refractivity contribution in [3.05, 3.63) is 6.61 Å². The van der Waals surface area contributed by atoms with E-state index < -0.39 is 0 Å². The van der Waals surface area contributed by atoms with Crippen molar-refractivity contribution < 1.29 is 9.47 Å². The van der Waals surface area contributed by atoms with Crippen LogP contribution in [0.1, 0.15) is 52.9 Å². The van der Waals surface area contributed by atoms with Gasteiger partial charge in [-0.3, -0.25) is 0 Å². The molecule has 0 aliphatic rings. The highest BCUT2D eigenvalue weighted by molar-refractivity contribution is 4.52. The highest BCUT2D eigenvalue weighted by atomic mass is 16.5. The first-order valence-electron chi connectivity index (χ1n) is 5.82. The van der Waals surface area contributed by atoms with E-state index in [-0.39, 0.29) is 0 Å². The molecule has 14 heavy (non-hydrogen) atoms. The standard InChI is InChI=1S/C12H25O2/c1-4-5-6-9-13-10-7-8-11-14-12(2)3/h11-12H,4-10H2,1-3H3. The topological polar surface area (TPSA) is 18.5 Å². The summed E-state index contributed by atoms with van der Waals surface area (Å²) in [5, 5.41) is 0. The second-order valence-corrected chi connectivity index (χ2v) is 3.81. The van der Waals surface area contributed by atoms with Crippen LogP contribution in [0, 0.1) is 6.61 Å². The van der Waals surface area contributed by atoms with Crippen molar-refractivity contribution in [1.82, 2.24) is 0 Å². The van der Waals surface area contributed by atoms with Crippen molar-refractivity contribution in [3.8, 4) is 0 Å². The largest absolute Gasteiger partial charge is 0.381 e. The van der Waals surface area contributed by atoms with Crippen LogP contribution in [0.25, 0.3) is 0 Å². The first-order chi connectivity index (χ1) is 6.77. The number of hydrogen-bond acceptors (Lipinski definition) is 2. The van der Waals surface area contributed by atoms with Crippen molar-refractivity contribution in [1.29, 1.82) is 0 Å². The third kappa shape index (κ3) is 11.9. The average molecular weight is 201 g/mol. The highest BCUT2D eigenvalue weighted by Crippen LogP contribution is 2.00. The lowest BCUT2D eigenvalue weighted by molar-refractivity contribution is 0.106. The first-order valence-corrected chi connectivity index (χ1v) is 5.82. The van der Waals surface area contributed by atoms with E-state index >= 15 is 0 Å². The molecule has 0 aromatic heterocycles. The Bertz CT molecular complexity index is 102. The summed E-state index contributed by atoms with van der Waals surface area (Å²) in [7, 11) is 0. The van der Waals surface area contributed by atoms with Gasteiger partial charge in [-0.15, -0.1) is 0 Å². The minimum atomic E-state index is 0.306. The molecule has 0 rings (SSSR count). The Balaban J connectivity index is 2.85. The van der Waals surface area contributed by atoms with E-state index in [2.05, 4.69) is 6.92 Å². The van der Waals surface area contributed by atoms with E-state index in [9.17, 15) is 0 Å². The summed E-state index contributed by atoms with van der Waals surface area (Å²) in [6.07, 6.45) is 6.11. The maximum atomic E-state index is 5.47. The van der Waals surface area contributed by atoms with Gasteiger partial charge in [0, 0.05) is 13.2 Å². The molecule has 0 spiro atoms. The molecule has 0 saturated heterocycles. The predicted molar refractivity (Wildman–Crippen MR) is 60.1 cm³/mol. The molecule has 0 unspecified atom stereocenters. The normalized spacial score (nSPS) is 11.1. The Labute approximate surface area is 89.0 Å². The molecule has 0 atom stereocenters. The van der Waals surface area contributed by atoms with Gasteiger partial charge in [-0.2, -0.15) is 0 Å². The molecular weight excluding hydrogens is 176 g/mol. The zero-order valence-corrected chi connectivity index (χ0v) is 9.92. The summed E-state index contributed by atoms with van der Waals surface area (Å²) in [6, 6.07) is 0. The lowest BCUT2D eigenvalue weighted by atomic mass is 10.3. The quantitative estimate of drug-likeness (QED) is 0.503. The SMILES string of the molecule is CCCCCOCCC[CH]OC(C)C. The zero-order chi connectivity index (χ0) is 10.6. The fourth-order valence-electron chi connectivity index (χ4n) is 1.09. The van der Waals surface area contributed by atoms with Crippen molar-refractivity contribution in [2.24, 2.45) is 0 Å². The number of rotatable bonds is 10. The van der Waals surface area contributed by atoms with Crippen molar-refractivity contribution in [2.45, 2.75) is 59.0 Å². The lowest BCUT2D eigenvalue weighted by Gasteiger charge is -2.06. The van der Waals surface area contributed by atoms with Crippen LogP contribution >= 0.6 is 0 Å². The molecule has 0 amide bonds. The molecule has 0 bridgehead atoms. The van der Waals surface area contributed by atoms with Gasteiger partial charge in [0.05, 0.1) is 12.7 Å². The van der Waals surface area contributed by atoms with Crippen LogP contribution in [-0.4, -0.2) is 19.3 Å². The Morgan fingerprint density at radius 2 is 1.79 bits per heavy atom. The van der Waals surface area contributed by atoms with Gasteiger partial charge in [0.2, 0.25) is 0 Å². The molecule has 1 radical (unpaired) electrons. The van der Waals surface area contributed by atoms with Gasteiger partial charge in [-0.1, -0.05) is 19.8 Å². The summed E-state index contributed by atoms with van der Waals surface area (Å²) in [6.45, 7) is 9.95. The van der Waals surface area contributed by atoms with Gasteiger partial charge in [-0.25, -0.2) is 0 Å². The molecule has 2 nitrogen and oxygen atoms in total. The Morgan fingerprint density at radius 1 is 1.07 bits per heavy atom. The number of unbranched alkanes of at least 4 members (excludes halogenated alkanes) is 3. The van der Waals surface area contributed by atoms with E-state index in [0.29, 0.717) is 6.10 Å². The molecular formula is C12H25O2. The van der Waals surface area contributed by atoms with Crippen molar-refractivity contribution >= 4 is 0 Å². The summed E-state index contributed by atoms with van der Waals surface area (Å²) in [5.74, 6) is 0. The van der Waals surface area contributed by atoms with Crippen LogP contribution in [0.15, 0.2) is 0 Å². The minimum absolute atomic E-state index is 0.306. The van der Waals surface area contributed by atoms with Crippen molar-refractivity contribution in [2.75, 3.05) is 13.2 Å². The molecule has 0 N–H and O–H groups in total. The predicted octanol–water partition coefficient (Wildman–Crippen LogP) is 3.56. The molecule has 0 aromatic rings. The van der Waals surface area contributed by atoms with E-state index in [1.165, 1.54) is 19.3 Å². The Morgan fingerprint density at radius 3 is 2.43 bits per heavy atom. The van der Waals surface area contributed by atoms with Gasteiger partial charge in [0.1, 0.15) is 0 Å². The highest BCUT2D eigenvalue weighted by Gasteiger charge is 1.94. The van der Waals surface area contributed by atoms with E-state index in [4.69, 9.17) is 9.47 Å². The van der Waals surface area contributed by atoms with Crippen LogP contribution < -0.4 is 0 Å². The summed E-state index contributed by atoms with van der Waals surface area (Å²) < 4.78 is 10.8. The molecule has 0 saturated carbocycles. The van der Waals surface area contributed by atoms with Crippen molar-refractivity contribution in [3.63, 3.8) is 0 Å². The van der Waals surface area contributed by atoms with Gasteiger partial charge >= 0.3 is 0 Å². The lowest BCUT2D eigenvalue weighted by Crippen LogP contribution is -2.01. The fraction of sp³-hybridized carbons (Fsp3) is 0.917. The Kier molecular flexibility index (Phi) is 10.9. The second kappa shape index (κ2) is 11.0. The third-order valence-electron chi connectivity index (χ3n) is 1.87. The summed E-state index contributed by atoms with van der Waals surface area (Å²) >= 11 is 0. The van der Waals surface area contributed by atoms with E-state index in [0.717, 1.165) is 26.1 Å². The summed E-state index contributed by atoms with van der Waals surface area (Å²) in [4.78, 5) is 0. The molecule has 0 fully saturated rings. The monoisotopic (exact) mass is 201 g/mol. The average Bonchev–Trinajstić information content (AvgIpc) is 2.15.